The topological polar surface area (TPSA) is 7.12 Å². The van der Waals surface area contributed by atoms with E-state index in [0.717, 1.165) is 16.8 Å². The summed E-state index contributed by atoms with van der Waals surface area (Å²) in [6, 6.07) is 13.0. The summed E-state index contributed by atoms with van der Waals surface area (Å²) in [6.45, 7) is 3.49. The molecule has 0 amide bonds. The standard InChI is InChI=1S/C23H34N3S2/c1-24(2)23-11-9-21(10-12-23)7-8-22-13-16-25(17-14-22)15-5-6-18-26(3,4)19-20-28-27/h7-14,16-17H,5-6,15,18-20H2,1-4H3/q+1/p+1. The van der Waals surface area contributed by atoms with Gasteiger partial charge in [-0.25, -0.2) is 4.57 Å². The quantitative estimate of drug-likeness (QED) is 0.187. The van der Waals surface area contributed by atoms with Crippen LogP contribution in [0.2, 0.25) is 0 Å². The molecule has 0 saturated heterocycles. The fourth-order valence-electron chi connectivity index (χ4n) is 3.04. The number of nitrogens with zero attached hydrogens (tertiary/aromatic N) is 3. The average Bonchev–Trinajstić information content (AvgIpc) is 2.69. The molecule has 0 aliphatic carbocycles. The molecule has 1 aromatic carbocycles. The number of aryl methyl sites for hydroxylation is 1. The Morgan fingerprint density at radius 3 is 2.11 bits per heavy atom. The van der Waals surface area contributed by atoms with Gasteiger partial charge in [0.15, 0.2) is 12.4 Å². The van der Waals surface area contributed by atoms with E-state index in [1.54, 1.807) is 10.8 Å². The van der Waals surface area contributed by atoms with Crippen LogP contribution < -0.4 is 9.47 Å². The average molecular weight is 418 g/mol. The van der Waals surface area contributed by atoms with Gasteiger partial charge in [0.25, 0.3) is 0 Å². The zero-order chi connectivity index (χ0) is 20.4. The second kappa shape index (κ2) is 11.5. The van der Waals surface area contributed by atoms with Gasteiger partial charge < -0.3 is 9.38 Å². The van der Waals surface area contributed by atoms with Gasteiger partial charge in [-0.1, -0.05) is 35.1 Å². The molecule has 0 unspecified atom stereocenters. The highest BCUT2D eigenvalue weighted by Gasteiger charge is 2.14. The van der Waals surface area contributed by atoms with E-state index in [0.29, 0.717) is 0 Å². The zero-order valence-corrected chi connectivity index (χ0v) is 19.4. The van der Waals surface area contributed by atoms with E-state index in [2.05, 4.69) is 110 Å². The van der Waals surface area contributed by atoms with E-state index in [4.69, 9.17) is 0 Å². The Hall–Kier alpha value is -1.43. The Bertz CT molecular complexity index is 723. The van der Waals surface area contributed by atoms with Crippen molar-refractivity contribution in [3.8, 4) is 0 Å². The van der Waals surface area contributed by atoms with Crippen molar-refractivity contribution in [3.63, 3.8) is 0 Å². The third kappa shape index (κ3) is 8.29. The van der Waals surface area contributed by atoms with Crippen LogP contribution in [-0.4, -0.2) is 51.5 Å². The van der Waals surface area contributed by atoms with E-state index in [9.17, 15) is 0 Å². The van der Waals surface area contributed by atoms with Crippen LogP contribution in [-0.2, 0) is 6.54 Å². The molecule has 0 aliphatic heterocycles. The number of unbranched alkanes of at least 4 members (excludes halogenated alkanes) is 1. The molecule has 0 radical (unpaired) electrons. The Morgan fingerprint density at radius 1 is 0.929 bits per heavy atom. The number of hydrogen-bond donors (Lipinski definition) is 1. The first kappa shape index (κ1) is 22.9. The maximum absolute atomic E-state index is 4.24. The van der Waals surface area contributed by atoms with Crippen molar-refractivity contribution in [2.24, 2.45) is 0 Å². The molecule has 28 heavy (non-hydrogen) atoms. The van der Waals surface area contributed by atoms with Gasteiger partial charge in [0.05, 0.1) is 32.9 Å². The van der Waals surface area contributed by atoms with E-state index in [-0.39, 0.29) is 0 Å². The van der Waals surface area contributed by atoms with Crippen molar-refractivity contribution in [3.05, 3.63) is 59.9 Å². The predicted octanol–water partition coefficient (Wildman–Crippen LogP) is 4.65. The summed E-state index contributed by atoms with van der Waals surface area (Å²) < 4.78 is 3.37. The highest BCUT2D eigenvalue weighted by Crippen LogP contribution is 2.14. The molecule has 0 spiro atoms. The third-order valence-corrected chi connectivity index (χ3v) is 5.93. The lowest BCUT2D eigenvalue weighted by molar-refractivity contribution is -0.888. The molecule has 2 rings (SSSR count). The lowest BCUT2D eigenvalue weighted by Crippen LogP contribution is -2.42. The van der Waals surface area contributed by atoms with Gasteiger partial charge in [0, 0.05) is 44.8 Å². The molecule has 0 N–H and O–H groups in total. The fraction of sp³-hybridized carbons (Fsp3) is 0.435. The number of hydrogen-bond acceptors (Lipinski definition) is 3. The van der Waals surface area contributed by atoms with Crippen molar-refractivity contribution in [2.45, 2.75) is 19.4 Å². The highest BCUT2D eigenvalue weighted by molar-refractivity contribution is 8.68. The monoisotopic (exact) mass is 417 g/mol. The van der Waals surface area contributed by atoms with Gasteiger partial charge in [0.1, 0.15) is 6.54 Å². The number of aromatic nitrogens is 1. The Kier molecular flexibility index (Phi) is 9.42. The van der Waals surface area contributed by atoms with E-state index >= 15 is 0 Å². The third-order valence-electron chi connectivity index (χ3n) is 5.01. The van der Waals surface area contributed by atoms with Crippen molar-refractivity contribution in [1.82, 2.24) is 0 Å². The van der Waals surface area contributed by atoms with Crippen LogP contribution in [0.25, 0.3) is 12.2 Å². The summed E-state index contributed by atoms with van der Waals surface area (Å²) in [7, 11) is 10.4. The maximum Gasteiger partial charge on any atom is 0.169 e. The molecule has 3 nitrogen and oxygen atoms in total. The second-order valence-corrected chi connectivity index (χ2v) is 9.55. The van der Waals surface area contributed by atoms with Crippen LogP contribution in [0.3, 0.4) is 0 Å². The van der Waals surface area contributed by atoms with Crippen LogP contribution >= 0.6 is 22.5 Å². The summed E-state index contributed by atoms with van der Waals surface area (Å²) in [5.74, 6) is 1.11. The van der Waals surface area contributed by atoms with Gasteiger partial charge in [-0.3, -0.25) is 0 Å². The normalized spacial score (nSPS) is 11.9. The first-order valence-corrected chi connectivity index (χ1v) is 12.0. The van der Waals surface area contributed by atoms with E-state index in [1.165, 1.54) is 42.7 Å². The van der Waals surface area contributed by atoms with Gasteiger partial charge >= 0.3 is 0 Å². The van der Waals surface area contributed by atoms with Crippen molar-refractivity contribution in [2.75, 3.05) is 51.9 Å². The smallest absolute Gasteiger partial charge is 0.169 e. The molecule has 0 bridgehead atoms. The second-order valence-electron chi connectivity index (χ2n) is 8.11. The Morgan fingerprint density at radius 2 is 1.54 bits per heavy atom. The first-order chi connectivity index (χ1) is 13.4. The molecule has 0 fully saturated rings. The van der Waals surface area contributed by atoms with Gasteiger partial charge in [-0.15, -0.1) is 11.7 Å². The summed E-state index contributed by atoms with van der Waals surface area (Å²) in [4.78, 5) is 2.12. The van der Waals surface area contributed by atoms with Crippen LogP contribution in [0.15, 0.2) is 48.8 Å². The van der Waals surface area contributed by atoms with Crippen molar-refractivity contribution < 1.29 is 9.05 Å². The summed E-state index contributed by atoms with van der Waals surface area (Å²) >= 11 is 4.24. The molecule has 0 atom stereocenters. The molecule has 5 heteroatoms. The van der Waals surface area contributed by atoms with Crippen LogP contribution in [0.4, 0.5) is 5.69 Å². The molecule has 152 valence electrons. The largest absolute Gasteiger partial charge is 0.378 e. The molecular weight excluding hydrogens is 382 g/mol. The van der Waals surface area contributed by atoms with Gasteiger partial charge in [-0.05, 0) is 23.3 Å². The zero-order valence-electron chi connectivity index (χ0n) is 17.7. The minimum atomic E-state index is 1.08. The fourth-order valence-corrected chi connectivity index (χ4v) is 3.86. The lowest BCUT2D eigenvalue weighted by Gasteiger charge is -2.29. The number of benzene rings is 1. The minimum Gasteiger partial charge on any atom is -0.378 e. The van der Waals surface area contributed by atoms with Crippen molar-refractivity contribution in [1.29, 1.82) is 0 Å². The van der Waals surface area contributed by atoms with Crippen molar-refractivity contribution >= 4 is 40.3 Å². The molecular formula is C23H35N3S2+2. The number of thiol groups is 1. The maximum atomic E-state index is 4.24. The summed E-state index contributed by atoms with van der Waals surface area (Å²) in [5, 5.41) is 0. The van der Waals surface area contributed by atoms with Crippen LogP contribution in [0.5, 0.6) is 0 Å². The van der Waals surface area contributed by atoms with Crippen LogP contribution in [0, 0.1) is 0 Å². The van der Waals surface area contributed by atoms with Gasteiger partial charge in [-0.2, -0.15) is 0 Å². The first-order valence-electron chi connectivity index (χ1n) is 9.92. The molecule has 0 saturated carbocycles. The lowest BCUT2D eigenvalue weighted by atomic mass is 10.1. The molecule has 0 aliphatic rings. The number of rotatable bonds is 11. The van der Waals surface area contributed by atoms with Gasteiger partial charge in [0.2, 0.25) is 0 Å². The SMILES string of the molecule is CN(C)c1ccc(/C=C/c2cc[n+](CCCC[N+](C)(C)CCSS)cc2)cc1. The van der Waals surface area contributed by atoms with E-state index < -0.39 is 0 Å². The number of quaternary nitrogens is 1. The number of pyridine rings is 1. The minimum absolute atomic E-state index is 1.08. The molecule has 2 aromatic rings. The van der Waals surface area contributed by atoms with Crippen LogP contribution in [0.1, 0.15) is 24.0 Å². The number of anilines is 1. The summed E-state index contributed by atoms with van der Waals surface area (Å²) in [5.41, 5.74) is 3.68. The molecule has 1 heterocycles. The summed E-state index contributed by atoms with van der Waals surface area (Å²) in [6.07, 6.45) is 11.2. The predicted molar refractivity (Wildman–Crippen MR) is 129 cm³/mol. The van der Waals surface area contributed by atoms with E-state index in [1.807, 2.05) is 0 Å². The Balaban J connectivity index is 1.78. The Labute approximate surface area is 180 Å². The highest BCUT2D eigenvalue weighted by atomic mass is 33.1. The molecule has 1 aromatic heterocycles.